The Hall–Kier alpha value is -2.02. The van der Waals surface area contributed by atoms with Crippen molar-refractivity contribution >= 4 is 11.7 Å². The van der Waals surface area contributed by atoms with Gasteiger partial charge in [-0.05, 0) is 12.5 Å². The van der Waals surface area contributed by atoms with E-state index in [2.05, 4.69) is 4.74 Å². The van der Waals surface area contributed by atoms with Gasteiger partial charge in [0.25, 0.3) is 0 Å². The van der Waals surface area contributed by atoms with Gasteiger partial charge in [-0.15, -0.1) is 0 Å². The van der Waals surface area contributed by atoms with Crippen molar-refractivity contribution in [2.45, 2.75) is 19.4 Å². The third-order valence-corrected chi connectivity index (χ3v) is 2.28. The SMILES string of the molecule is CCOC(=O)C(N)Cc1cccc([N+](=O)[O-])c1F. The summed E-state index contributed by atoms with van der Waals surface area (Å²) in [6.45, 7) is 1.79. The summed E-state index contributed by atoms with van der Waals surface area (Å²) in [5, 5.41) is 10.5. The Morgan fingerprint density at radius 2 is 2.28 bits per heavy atom. The average Bonchev–Trinajstić information content (AvgIpc) is 2.31. The molecule has 0 spiro atoms. The molecule has 1 aromatic rings. The Balaban J connectivity index is 2.88. The molecule has 18 heavy (non-hydrogen) atoms. The Labute approximate surface area is 103 Å². The number of rotatable bonds is 5. The first-order valence-electron chi connectivity index (χ1n) is 5.31. The molecule has 0 bridgehead atoms. The van der Waals surface area contributed by atoms with Crippen LogP contribution in [-0.2, 0) is 16.0 Å². The summed E-state index contributed by atoms with van der Waals surface area (Å²) >= 11 is 0. The van der Waals surface area contributed by atoms with Crippen LogP contribution in [0.25, 0.3) is 0 Å². The molecule has 1 unspecified atom stereocenters. The molecule has 0 aromatic heterocycles. The highest BCUT2D eigenvalue weighted by Gasteiger charge is 2.22. The van der Waals surface area contributed by atoms with E-state index in [1.165, 1.54) is 12.1 Å². The van der Waals surface area contributed by atoms with Gasteiger partial charge in [-0.2, -0.15) is 4.39 Å². The molecule has 0 saturated heterocycles. The number of nitrogens with two attached hydrogens (primary N) is 1. The van der Waals surface area contributed by atoms with Gasteiger partial charge in [-0.1, -0.05) is 12.1 Å². The third-order valence-electron chi connectivity index (χ3n) is 2.28. The maximum Gasteiger partial charge on any atom is 0.323 e. The Kier molecular flexibility index (Phi) is 4.73. The van der Waals surface area contributed by atoms with Crippen LogP contribution in [-0.4, -0.2) is 23.5 Å². The molecule has 7 heteroatoms. The normalized spacial score (nSPS) is 11.9. The number of benzene rings is 1. The van der Waals surface area contributed by atoms with E-state index in [4.69, 9.17) is 5.73 Å². The first-order valence-corrected chi connectivity index (χ1v) is 5.31. The van der Waals surface area contributed by atoms with Crippen molar-refractivity contribution in [2.75, 3.05) is 6.61 Å². The van der Waals surface area contributed by atoms with Crippen LogP contribution in [0.3, 0.4) is 0 Å². The Bertz CT molecular complexity index is 464. The number of hydrogen-bond acceptors (Lipinski definition) is 5. The molecular weight excluding hydrogens is 243 g/mol. The monoisotopic (exact) mass is 256 g/mol. The standard InChI is InChI=1S/C11H13FN2O4/c1-2-18-11(15)8(13)6-7-4-3-5-9(10(7)12)14(16)17/h3-5,8H,2,6,13H2,1H3. The molecule has 2 N–H and O–H groups in total. The van der Waals surface area contributed by atoms with Crippen LogP contribution in [0.1, 0.15) is 12.5 Å². The average molecular weight is 256 g/mol. The molecule has 1 atom stereocenters. The third kappa shape index (κ3) is 3.24. The molecule has 0 saturated carbocycles. The van der Waals surface area contributed by atoms with Gasteiger partial charge in [0.15, 0.2) is 0 Å². The molecule has 0 fully saturated rings. The lowest BCUT2D eigenvalue weighted by atomic mass is 10.1. The van der Waals surface area contributed by atoms with E-state index in [9.17, 15) is 19.3 Å². The minimum absolute atomic E-state index is 0.0183. The number of ether oxygens (including phenoxy) is 1. The molecule has 0 aliphatic carbocycles. The van der Waals surface area contributed by atoms with Gasteiger partial charge < -0.3 is 10.5 Å². The largest absolute Gasteiger partial charge is 0.465 e. The second-order valence-electron chi connectivity index (χ2n) is 3.57. The lowest BCUT2D eigenvalue weighted by molar-refractivity contribution is -0.387. The zero-order valence-electron chi connectivity index (χ0n) is 9.76. The van der Waals surface area contributed by atoms with E-state index in [0.717, 1.165) is 6.07 Å². The van der Waals surface area contributed by atoms with Gasteiger partial charge in [0, 0.05) is 12.5 Å². The van der Waals surface area contributed by atoms with Crippen molar-refractivity contribution in [3.8, 4) is 0 Å². The first-order chi connectivity index (χ1) is 8.47. The highest BCUT2D eigenvalue weighted by Crippen LogP contribution is 2.21. The van der Waals surface area contributed by atoms with Crippen LogP contribution in [0.4, 0.5) is 10.1 Å². The van der Waals surface area contributed by atoms with Gasteiger partial charge in [0.1, 0.15) is 6.04 Å². The molecule has 98 valence electrons. The molecule has 0 radical (unpaired) electrons. The second-order valence-corrected chi connectivity index (χ2v) is 3.57. The number of nitrogens with zero attached hydrogens (tertiary/aromatic N) is 1. The van der Waals surface area contributed by atoms with Crippen molar-refractivity contribution in [3.63, 3.8) is 0 Å². The van der Waals surface area contributed by atoms with Crippen LogP contribution < -0.4 is 5.73 Å². The summed E-state index contributed by atoms with van der Waals surface area (Å²) in [7, 11) is 0. The number of nitro groups is 1. The first kappa shape index (κ1) is 14.0. The molecular formula is C11H13FN2O4. The van der Waals surface area contributed by atoms with Gasteiger partial charge in [0.05, 0.1) is 11.5 Å². The second kappa shape index (κ2) is 6.06. The summed E-state index contributed by atoms with van der Waals surface area (Å²) in [5.74, 6) is -1.63. The van der Waals surface area contributed by atoms with Crippen LogP contribution >= 0.6 is 0 Å². The summed E-state index contributed by atoms with van der Waals surface area (Å²) < 4.78 is 18.4. The number of carbonyl (C=O) groups is 1. The molecule has 1 rings (SSSR count). The lowest BCUT2D eigenvalue weighted by Gasteiger charge is -2.10. The highest BCUT2D eigenvalue weighted by molar-refractivity contribution is 5.75. The molecule has 0 amide bonds. The van der Waals surface area contributed by atoms with Gasteiger partial charge >= 0.3 is 11.7 Å². The molecule has 0 aliphatic heterocycles. The summed E-state index contributed by atoms with van der Waals surface area (Å²) in [5.41, 5.74) is 4.90. The van der Waals surface area contributed by atoms with Crippen molar-refractivity contribution in [1.82, 2.24) is 0 Å². The van der Waals surface area contributed by atoms with E-state index >= 15 is 0 Å². The fourth-order valence-corrected chi connectivity index (χ4v) is 1.43. The molecule has 0 aliphatic rings. The van der Waals surface area contributed by atoms with Crippen LogP contribution in [0, 0.1) is 15.9 Å². The summed E-state index contributed by atoms with van der Waals surface area (Å²) in [6, 6.07) is 2.70. The maximum atomic E-state index is 13.7. The Morgan fingerprint density at radius 1 is 1.61 bits per heavy atom. The summed E-state index contributed by atoms with van der Waals surface area (Å²) in [6.07, 6.45) is -0.146. The molecule has 0 heterocycles. The minimum Gasteiger partial charge on any atom is -0.465 e. The van der Waals surface area contributed by atoms with Gasteiger partial charge in [0.2, 0.25) is 5.82 Å². The molecule has 6 nitrogen and oxygen atoms in total. The number of nitro benzene ring substituents is 1. The van der Waals surface area contributed by atoms with E-state index < -0.39 is 28.4 Å². The quantitative estimate of drug-likeness (QED) is 0.484. The number of esters is 1. The van der Waals surface area contributed by atoms with Gasteiger partial charge in [-0.3, -0.25) is 14.9 Å². The van der Waals surface area contributed by atoms with Crippen LogP contribution in [0.5, 0.6) is 0 Å². The highest BCUT2D eigenvalue weighted by atomic mass is 19.1. The predicted octanol–water partition coefficient (Wildman–Crippen LogP) is 1.17. The van der Waals surface area contributed by atoms with E-state index in [1.807, 2.05) is 0 Å². The maximum absolute atomic E-state index is 13.7. The Morgan fingerprint density at radius 3 is 2.83 bits per heavy atom. The van der Waals surface area contributed by atoms with Crippen molar-refractivity contribution in [1.29, 1.82) is 0 Å². The molecule has 1 aromatic carbocycles. The predicted molar refractivity (Wildman–Crippen MR) is 61.4 cm³/mol. The minimum atomic E-state index is -1.04. The fourth-order valence-electron chi connectivity index (χ4n) is 1.43. The number of halogens is 1. The number of carbonyl (C=O) groups excluding carboxylic acids is 1. The summed E-state index contributed by atoms with van der Waals surface area (Å²) in [4.78, 5) is 21.0. The van der Waals surface area contributed by atoms with E-state index in [-0.39, 0.29) is 18.6 Å². The topological polar surface area (TPSA) is 95.5 Å². The smallest absolute Gasteiger partial charge is 0.323 e. The zero-order valence-corrected chi connectivity index (χ0v) is 9.76. The van der Waals surface area contributed by atoms with E-state index in [1.54, 1.807) is 6.92 Å². The van der Waals surface area contributed by atoms with Crippen molar-refractivity contribution in [3.05, 3.63) is 39.7 Å². The van der Waals surface area contributed by atoms with Crippen LogP contribution in [0.15, 0.2) is 18.2 Å². The van der Waals surface area contributed by atoms with Gasteiger partial charge in [-0.25, -0.2) is 0 Å². The van der Waals surface area contributed by atoms with Crippen molar-refractivity contribution in [2.24, 2.45) is 5.73 Å². The number of hydrogen-bond donors (Lipinski definition) is 1. The lowest BCUT2D eigenvalue weighted by Crippen LogP contribution is -2.34. The zero-order chi connectivity index (χ0) is 13.7. The fraction of sp³-hybridized carbons (Fsp3) is 0.364. The van der Waals surface area contributed by atoms with E-state index in [0.29, 0.717) is 0 Å². The van der Waals surface area contributed by atoms with Crippen molar-refractivity contribution < 1.29 is 18.8 Å². The van der Waals surface area contributed by atoms with Crippen LogP contribution in [0.2, 0.25) is 0 Å².